The van der Waals surface area contributed by atoms with Crippen LogP contribution >= 0.6 is 27.5 Å². The Balaban J connectivity index is 2.69. The lowest BCUT2D eigenvalue weighted by atomic mass is 10.2. The molecule has 1 aromatic rings. The van der Waals surface area contributed by atoms with E-state index in [-0.39, 0.29) is 12.1 Å². The maximum Gasteiger partial charge on any atom is 0.332 e. The van der Waals surface area contributed by atoms with E-state index in [1.807, 2.05) is 0 Å². The van der Waals surface area contributed by atoms with Crippen molar-refractivity contribution >= 4 is 39.2 Å². The Bertz CT molecular complexity index is 406. The van der Waals surface area contributed by atoms with Gasteiger partial charge in [-0.2, -0.15) is 0 Å². The molecule has 0 bridgehead atoms. The molecule has 0 aliphatic carbocycles. The first-order chi connectivity index (χ1) is 7.00. The van der Waals surface area contributed by atoms with Crippen molar-refractivity contribution in [2.24, 2.45) is 0 Å². The lowest BCUT2D eigenvalue weighted by Gasteiger charge is -2.08. The van der Waals surface area contributed by atoms with E-state index in [2.05, 4.69) is 27.8 Å². The maximum absolute atomic E-state index is 10.5. The molecule has 80 valence electrons. The van der Waals surface area contributed by atoms with E-state index in [4.69, 9.17) is 16.7 Å². The number of nitrogens with one attached hydrogen (secondary N) is 1. The van der Waals surface area contributed by atoms with Crippen LogP contribution in [-0.4, -0.2) is 17.6 Å². The van der Waals surface area contributed by atoms with Crippen LogP contribution in [0.25, 0.3) is 0 Å². The van der Waals surface area contributed by atoms with Gasteiger partial charge in [0, 0.05) is 21.6 Å². The fourth-order valence-electron chi connectivity index (χ4n) is 0.910. The average Bonchev–Trinajstić information content (AvgIpc) is 2.18. The van der Waals surface area contributed by atoms with Gasteiger partial charge in [0.1, 0.15) is 0 Å². The summed E-state index contributed by atoms with van der Waals surface area (Å²) in [6.07, 6.45) is 0. The van der Waals surface area contributed by atoms with Crippen LogP contribution in [0.5, 0.6) is 0 Å². The van der Waals surface area contributed by atoms with Gasteiger partial charge in [-0.15, -0.1) is 0 Å². The Morgan fingerprint density at radius 1 is 1.60 bits per heavy atom. The molecule has 1 rings (SSSR count). The molecule has 0 aliphatic heterocycles. The predicted octanol–water partition coefficient (Wildman–Crippen LogP) is 3.16. The number of carboxylic acid groups (broad SMARTS) is 1. The van der Waals surface area contributed by atoms with Crippen LogP contribution in [0.2, 0.25) is 5.02 Å². The lowest BCUT2D eigenvalue weighted by Crippen LogP contribution is -2.11. The van der Waals surface area contributed by atoms with Crippen LogP contribution in [0, 0.1) is 0 Å². The summed E-state index contributed by atoms with van der Waals surface area (Å²) in [7, 11) is 0. The molecular formula is C10H9BrClNO2. The number of hydrogen-bond donors (Lipinski definition) is 2. The van der Waals surface area contributed by atoms with Crippen LogP contribution in [0.3, 0.4) is 0 Å². The van der Waals surface area contributed by atoms with Gasteiger partial charge < -0.3 is 10.4 Å². The number of carboxylic acids is 1. The van der Waals surface area contributed by atoms with Crippen LogP contribution in [0.1, 0.15) is 0 Å². The molecule has 0 spiro atoms. The van der Waals surface area contributed by atoms with Gasteiger partial charge in [-0.05, 0) is 34.1 Å². The zero-order valence-electron chi connectivity index (χ0n) is 7.76. The number of aliphatic carboxylic acids is 1. The summed E-state index contributed by atoms with van der Waals surface area (Å²) < 4.78 is 0.824. The SMILES string of the molecule is C=C(CNc1cc(Cl)ccc1Br)C(=O)O. The zero-order valence-corrected chi connectivity index (χ0v) is 10.1. The molecule has 15 heavy (non-hydrogen) atoms. The molecule has 0 aliphatic rings. The third kappa shape index (κ3) is 3.57. The first-order valence-electron chi connectivity index (χ1n) is 4.10. The van der Waals surface area contributed by atoms with E-state index in [0.717, 1.165) is 10.2 Å². The molecule has 0 saturated carbocycles. The highest BCUT2D eigenvalue weighted by molar-refractivity contribution is 9.10. The Kier molecular flexibility index (Phi) is 4.17. The number of rotatable bonds is 4. The smallest absolute Gasteiger partial charge is 0.332 e. The van der Waals surface area contributed by atoms with Crippen molar-refractivity contribution in [3.05, 3.63) is 39.8 Å². The number of halogens is 2. The van der Waals surface area contributed by atoms with E-state index in [0.29, 0.717) is 5.02 Å². The van der Waals surface area contributed by atoms with Crippen molar-refractivity contribution < 1.29 is 9.90 Å². The summed E-state index contributed by atoms with van der Waals surface area (Å²) in [5.74, 6) is -1.01. The minimum absolute atomic E-state index is 0.0990. The quantitative estimate of drug-likeness (QED) is 0.838. The Morgan fingerprint density at radius 3 is 2.87 bits per heavy atom. The summed E-state index contributed by atoms with van der Waals surface area (Å²) in [5.41, 5.74) is 0.840. The van der Waals surface area contributed by atoms with Gasteiger partial charge in [0.25, 0.3) is 0 Å². The van der Waals surface area contributed by atoms with Crippen molar-refractivity contribution in [2.75, 3.05) is 11.9 Å². The highest BCUT2D eigenvalue weighted by atomic mass is 79.9. The molecule has 0 saturated heterocycles. The van der Waals surface area contributed by atoms with Crippen molar-refractivity contribution in [1.82, 2.24) is 0 Å². The number of carbonyl (C=O) groups is 1. The molecule has 0 fully saturated rings. The predicted molar refractivity (Wildman–Crippen MR) is 64.4 cm³/mol. The Labute approximate surface area is 101 Å². The highest BCUT2D eigenvalue weighted by Gasteiger charge is 2.05. The van der Waals surface area contributed by atoms with Crippen molar-refractivity contribution in [1.29, 1.82) is 0 Å². The van der Waals surface area contributed by atoms with Gasteiger partial charge in [-0.25, -0.2) is 4.79 Å². The van der Waals surface area contributed by atoms with Gasteiger partial charge in [0.05, 0.1) is 5.69 Å². The second-order valence-electron chi connectivity index (χ2n) is 2.89. The van der Waals surface area contributed by atoms with Crippen LogP contribution in [-0.2, 0) is 4.79 Å². The van der Waals surface area contributed by atoms with E-state index in [1.165, 1.54) is 0 Å². The fourth-order valence-corrected chi connectivity index (χ4v) is 1.47. The van der Waals surface area contributed by atoms with Gasteiger partial charge in [-0.1, -0.05) is 18.2 Å². The molecule has 0 aromatic heterocycles. The summed E-state index contributed by atoms with van der Waals surface area (Å²) in [5, 5.41) is 12.1. The summed E-state index contributed by atoms with van der Waals surface area (Å²) >= 11 is 9.11. The van der Waals surface area contributed by atoms with Gasteiger partial charge in [0.2, 0.25) is 0 Å². The first-order valence-corrected chi connectivity index (χ1v) is 5.28. The largest absolute Gasteiger partial charge is 0.478 e. The zero-order chi connectivity index (χ0) is 11.4. The van der Waals surface area contributed by atoms with Crippen molar-refractivity contribution in [3.8, 4) is 0 Å². The highest BCUT2D eigenvalue weighted by Crippen LogP contribution is 2.25. The lowest BCUT2D eigenvalue weighted by molar-refractivity contribution is -0.132. The van der Waals surface area contributed by atoms with E-state index in [9.17, 15) is 4.79 Å². The molecule has 0 unspecified atom stereocenters. The third-order valence-corrected chi connectivity index (χ3v) is 2.65. The van der Waals surface area contributed by atoms with Crippen LogP contribution in [0.4, 0.5) is 5.69 Å². The molecule has 2 N–H and O–H groups in total. The van der Waals surface area contributed by atoms with E-state index >= 15 is 0 Å². The molecule has 1 aromatic carbocycles. The Hall–Kier alpha value is -1.00. The first kappa shape index (κ1) is 12.1. The van der Waals surface area contributed by atoms with Crippen molar-refractivity contribution in [2.45, 2.75) is 0 Å². The monoisotopic (exact) mass is 289 g/mol. The van der Waals surface area contributed by atoms with Crippen molar-refractivity contribution in [3.63, 3.8) is 0 Å². The van der Waals surface area contributed by atoms with Crippen LogP contribution in [0.15, 0.2) is 34.8 Å². The van der Waals surface area contributed by atoms with E-state index in [1.54, 1.807) is 18.2 Å². The number of hydrogen-bond acceptors (Lipinski definition) is 2. The second-order valence-corrected chi connectivity index (χ2v) is 4.18. The molecule has 0 amide bonds. The summed E-state index contributed by atoms with van der Waals surface area (Å²) in [6.45, 7) is 3.59. The number of benzene rings is 1. The summed E-state index contributed by atoms with van der Waals surface area (Å²) in [6, 6.07) is 5.23. The average molecular weight is 291 g/mol. The van der Waals surface area contributed by atoms with Gasteiger partial charge >= 0.3 is 5.97 Å². The topological polar surface area (TPSA) is 49.3 Å². The fraction of sp³-hybridized carbons (Fsp3) is 0.100. The molecule has 0 atom stereocenters. The second kappa shape index (κ2) is 5.19. The van der Waals surface area contributed by atoms with Gasteiger partial charge in [0.15, 0.2) is 0 Å². The van der Waals surface area contributed by atoms with Gasteiger partial charge in [-0.3, -0.25) is 0 Å². The molecule has 3 nitrogen and oxygen atoms in total. The summed E-state index contributed by atoms with van der Waals surface area (Å²) in [4.78, 5) is 10.5. The molecule has 0 radical (unpaired) electrons. The third-order valence-electron chi connectivity index (χ3n) is 1.72. The maximum atomic E-state index is 10.5. The number of anilines is 1. The van der Waals surface area contributed by atoms with Crippen LogP contribution < -0.4 is 5.32 Å². The Morgan fingerprint density at radius 2 is 2.27 bits per heavy atom. The minimum Gasteiger partial charge on any atom is -0.478 e. The standard InChI is InChI=1S/C10H9BrClNO2/c1-6(10(14)15)5-13-9-4-7(12)2-3-8(9)11/h2-4,13H,1,5H2,(H,14,15). The minimum atomic E-state index is -1.01. The molecule has 0 heterocycles. The normalized spacial score (nSPS) is 9.73. The molecule has 5 heteroatoms. The molecular weight excluding hydrogens is 281 g/mol. The van der Waals surface area contributed by atoms with E-state index < -0.39 is 5.97 Å².